The number of rotatable bonds is 6. The summed E-state index contributed by atoms with van der Waals surface area (Å²) in [5, 5.41) is 6.95. The molecule has 0 aliphatic carbocycles. The van der Waals surface area contributed by atoms with E-state index in [1.165, 1.54) is 15.2 Å². The molecule has 0 unspecified atom stereocenters. The average molecular weight is 496 g/mol. The Bertz CT molecular complexity index is 1210. The Morgan fingerprint density at radius 1 is 1.18 bits per heavy atom. The summed E-state index contributed by atoms with van der Waals surface area (Å²) in [6.45, 7) is 5.06. The van der Waals surface area contributed by atoms with Gasteiger partial charge in [-0.05, 0) is 32.0 Å². The van der Waals surface area contributed by atoms with E-state index in [0.29, 0.717) is 42.5 Å². The van der Waals surface area contributed by atoms with E-state index < -0.39 is 26.9 Å². The highest BCUT2D eigenvalue weighted by atomic mass is 35.5. The number of sulfonamides is 1. The van der Waals surface area contributed by atoms with E-state index >= 15 is 0 Å². The number of carbonyl (C=O) groups excluding carboxylic acids is 1. The van der Waals surface area contributed by atoms with Crippen LogP contribution in [0.15, 0.2) is 35.3 Å². The number of aromatic nitrogens is 2. The number of nitrogens with one attached hydrogen (secondary N) is 1. The molecular weight excluding hydrogens is 470 g/mol. The van der Waals surface area contributed by atoms with Gasteiger partial charge in [0.2, 0.25) is 15.8 Å². The molecule has 178 valence electrons. The normalized spacial score (nSPS) is 19.7. The fourth-order valence-electron chi connectivity index (χ4n) is 3.86. The highest BCUT2D eigenvalue weighted by Crippen LogP contribution is 2.28. The quantitative estimate of drug-likeness (QED) is 0.636. The summed E-state index contributed by atoms with van der Waals surface area (Å²) in [6.07, 6.45) is 1.17. The number of hydrogen-bond donors (Lipinski definition) is 1. The molecule has 0 bridgehead atoms. The van der Waals surface area contributed by atoms with Crippen molar-refractivity contribution in [3.05, 3.63) is 45.8 Å². The van der Waals surface area contributed by atoms with Crippen molar-refractivity contribution >= 4 is 33.2 Å². The van der Waals surface area contributed by atoms with Crippen molar-refractivity contribution in [2.24, 2.45) is 0 Å². The van der Waals surface area contributed by atoms with Crippen molar-refractivity contribution in [3.8, 4) is 11.4 Å². The summed E-state index contributed by atoms with van der Waals surface area (Å²) < 4.78 is 33.6. The number of hydrogen-bond acceptors (Lipinski definition) is 7. The molecule has 1 aromatic heterocycles. The van der Waals surface area contributed by atoms with Crippen LogP contribution in [-0.4, -0.2) is 72.5 Å². The molecule has 10 nitrogen and oxygen atoms in total. The van der Waals surface area contributed by atoms with Crippen LogP contribution in [0.4, 0.5) is 5.69 Å². The van der Waals surface area contributed by atoms with Gasteiger partial charge in [-0.25, -0.2) is 8.42 Å². The Morgan fingerprint density at radius 2 is 1.91 bits per heavy atom. The number of halogens is 1. The van der Waals surface area contributed by atoms with E-state index in [0.717, 1.165) is 0 Å². The average Bonchev–Trinajstić information content (AvgIpc) is 3.19. The monoisotopic (exact) mass is 495 g/mol. The molecule has 0 radical (unpaired) electrons. The molecule has 2 aliphatic rings. The molecule has 0 saturated carbocycles. The molecule has 2 aliphatic heterocycles. The van der Waals surface area contributed by atoms with Gasteiger partial charge in [0.05, 0.1) is 17.1 Å². The first-order chi connectivity index (χ1) is 15.7. The lowest BCUT2D eigenvalue weighted by molar-refractivity contribution is -0.124. The fraction of sp³-hybridized carbons (Fsp3) is 0.476. The highest BCUT2D eigenvalue weighted by molar-refractivity contribution is 7.89. The second kappa shape index (κ2) is 9.32. The summed E-state index contributed by atoms with van der Waals surface area (Å²) in [7, 11) is -3.37. The number of benzene rings is 1. The Labute approximate surface area is 197 Å². The maximum absolute atomic E-state index is 13.4. The van der Waals surface area contributed by atoms with Crippen LogP contribution in [0.3, 0.4) is 0 Å². The van der Waals surface area contributed by atoms with Gasteiger partial charge in [0.15, 0.2) is 6.10 Å². The van der Waals surface area contributed by atoms with Gasteiger partial charge in [0.25, 0.3) is 5.91 Å². The smallest absolute Gasteiger partial charge is 0.316 e. The van der Waals surface area contributed by atoms with Crippen LogP contribution in [0.1, 0.15) is 20.3 Å². The number of amides is 1. The van der Waals surface area contributed by atoms with E-state index in [-0.39, 0.29) is 24.7 Å². The van der Waals surface area contributed by atoms with Crippen LogP contribution in [0.2, 0.25) is 5.02 Å². The molecule has 1 amide bonds. The largest absolute Gasteiger partial charge is 0.473 e. The lowest BCUT2D eigenvalue weighted by Gasteiger charge is -2.36. The van der Waals surface area contributed by atoms with Crippen molar-refractivity contribution in [3.63, 3.8) is 0 Å². The predicted molar refractivity (Wildman–Crippen MR) is 125 cm³/mol. The summed E-state index contributed by atoms with van der Waals surface area (Å²) in [4.78, 5) is 27.4. The topological polar surface area (TPSA) is 114 Å². The zero-order valence-corrected chi connectivity index (χ0v) is 20.0. The third-order valence-electron chi connectivity index (χ3n) is 5.76. The SMILES string of the molecule is CC(C)S(=O)(=O)N1CCN(c2cnn(-c3cccc(Cl)c3)c(=O)c2O[C@@H]2CCNC2=O)CC1. The van der Waals surface area contributed by atoms with Crippen molar-refractivity contribution in [1.29, 1.82) is 0 Å². The van der Waals surface area contributed by atoms with Gasteiger partial charge in [-0.1, -0.05) is 17.7 Å². The molecule has 12 heteroatoms. The lowest BCUT2D eigenvalue weighted by Crippen LogP contribution is -2.51. The Morgan fingerprint density at radius 3 is 2.52 bits per heavy atom. The van der Waals surface area contributed by atoms with Gasteiger partial charge in [0.1, 0.15) is 5.69 Å². The lowest BCUT2D eigenvalue weighted by atomic mass is 10.2. The first kappa shape index (κ1) is 23.5. The zero-order valence-electron chi connectivity index (χ0n) is 18.4. The summed E-state index contributed by atoms with van der Waals surface area (Å²) in [6, 6.07) is 6.70. The van der Waals surface area contributed by atoms with E-state index in [1.807, 2.05) is 4.90 Å². The molecule has 1 N–H and O–H groups in total. The minimum absolute atomic E-state index is 0.00666. The van der Waals surface area contributed by atoms with Gasteiger partial charge in [-0.2, -0.15) is 14.1 Å². The second-order valence-corrected chi connectivity index (χ2v) is 11.1. The van der Waals surface area contributed by atoms with Crippen molar-refractivity contribution in [2.75, 3.05) is 37.6 Å². The highest BCUT2D eigenvalue weighted by Gasteiger charge is 2.33. The fourth-order valence-corrected chi connectivity index (χ4v) is 5.32. The Kier molecular flexibility index (Phi) is 6.64. The molecule has 33 heavy (non-hydrogen) atoms. The molecule has 4 rings (SSSR count). The van der Waals surface area contributed by atoms with Crippen LogP contribution >= 0.6 is 11.6 Å². The van der Waals surface area contributed by atoms with Crippen molar-refractivity contribution < 1.29 is 17.9 Å². The van der Waals surface area contributed by atoms with Crippen molar-refractivity contribution in [1.82, 2.24) is 19.4 Å². The zero-order chi connectivity index (χ0) is 23.8. The predicted octanol–water partition coefficient (Wildman–Crippen LogP) is 1.01. The van der Waals surface area contributed by atoms with Crippen LogP contribution < -0.4 is 20.5 Å². The van der Waals surface area contributed by atoms with Gasteiger partial charge in [-0.3, -0.25) is 9.59 Å². The molecular formula is C21H26ClN5O5S. The molecule has 0 spiro atoms. The standard InChI is InChI=1S/C21H26ClN5O5S/c1-14(2)33(30,31)26-10-8-25(9-11-26)17-13-24-27(16-5-3-4-15(22)12-16)21(29)19(17)32-18-6-7-23-20(18)28/h3-5,12-14,18H,6-11H2,1-2H3,(H,23,28)/t18-/m1/s1. The Balaban J connectivity index is 1.68. The number of carbonyl (C=O) groups is 1. The summed E-state index contributed by atoms with van der Waals surface area (Å²) in [5.41, 5.74) is 0.374. The maximum Gasteiger partial charge on any atom is 0.316 e. The Hall–Kier alpha value is -2.63. The van der Waals surface area contributed by atoms with E-state index in [1.54, 1.807) is 38.1 Å². The minimum atomic E-state index is -3.37. The maximum atomic E-state index is 13.4. The van der Waals surface area contributed by atoms with Gasteiger partial charge in [-0.15, -0.1) is 0 Å². The van der Waals surface area contributed by atoms with Gasteiger partial charge < -0.3 is 15.0 Å². The van der Waals surface area contributed by atoms with Crippen LogP contribution in [0.5, 0.6) is 5.75 Å². The number of nitrogens with zero attached hydrogens (tertiary/aromatic N) is 4. The summed E-state index contributed by atoms with van der Waals surface area (Å²) >= 11 is 6.08. The summed E-state index contributed by atoms with van der Waals surface area (Å²) in [5.74, 6) is -0.272. The minimum Gasteiger partial charge on any atom is -0.473 e. The molecule has 1 atom stereocenters. The molecule has 1 aromatic carbocycles. The molecule has 3 heterocycles. The molecule has 2 aromatic rings. The van der Waals surface area contributed by atoms with Crippen LogP contribution in [0.25, 0.3) is 5.69 Å². The first-order valence-corrected chi connectivity index (χ1v) is 12.6. The number of piperazine rings is 1. The van der Waals surface area contributed by atoms with Gasteiger partial charge in [0, 0.05) is 44.2 Å². The number of ether oxygens (including phenoxy) is 1. The first-order valence-electron chi connectivity index (χ1n) is 10.7. The van der Waals surface area contributed by atoms with Crippen LogP contribution in [-0.2, 0) is 14.8 Å². The second-order valence-electron chi connectivity index (χ2n) is 8.22. The number of anilines is 1. The van der Waals surface area contributed by atoms with E-state index in [2.05, 4.69) is 10.4 Å². The van der Waals surface area contributed by atoms with Crippen molar-refractivity contribution in [2.45, 2.75) is 31.6 Å². The third-order valence-corrected chi connectivity index (χ3v) is 8.27. The third kappa shape index (κ3) is 4.71. The molecule has 2 saturated heterocycles. The van der Waals surface area contributed by atoms with E-state index in [9.17, 15) is 18.0 Å². The van der Waals surface area contributed by atoms with Gasteiger partial charge >= 0.3 is 5.56 Å². The molecule has 2 fully saturated rings. The van der Waals surface area contributed by atoms with E-state index in [4.69, 9.17) is 16.3 Å². The van der Waals surface area contributed by atoms with Crippen LogP contribution in [0, 0.1) is 0 Å².